The zero-order chi connectivity index (χ0) is 10.7. The summed E-state index contributed by atoms with van der Waals surface area (Å²) < 4.78 is 2.35. The summed E-state index contributed by atoms with van der Waals surface area (Å²) in [6, 6.07) is 10.7. The summed E-state index contributed by atoms with van der Waals surface area (Å²) in [4.78, 5) is 2.48. The Morgan fingerprint density at radius 3 is 2.67 bits per heavy atom. The Balaban J connectivity index is 2.29. The van der Waals surface area contributed by atoms with Gasteiger partial charge in [-0.3, -0.25) is 9.48 Å². The van der Waals surface area contributed by atoms with Gasteiger partial charge in [-0.15, -0.1) is 0 Å². The van der Waals surface area contributed by atoms with Gasteiger partial charge >= 0.3 is 0 Å². The second kappa shape index (κ2) is 4.47. The second-order valence-corrected chi connectivity index (χ2v) is 4.10. The largest absolute Gasteiger partial charge is 0.279 e. The van der Waals surface area contributed by atoms with Crippen LogP contribution in [0.1, 0.15) is 18.9 Å². The van der Waals surface area contributed by atoms with Crippen molar-refractivity contribution in [2.24, 2.45) is 0 Å². The van der Waals surface area contributed by atoms with E-state index >= 15 is 0 Å². The minimum absolute atomic E-state index is 1.14. The van der Waals surface area contributed by atoms with Crippen molar-refractivity contribution in [2.45, 2.75) is 13.3 Å². The van der Waals surface area contributed by atoms with E-state index in [1.165, 1.54) is 17.8 Å². The number of amidine groups is 1. The summed E-state index contributed by atoms with van der Waals surface area (Å²) in [5, 5.41) is 0. The fourth-order valence-electron chi connectivity index (χ4n) is 2.20. The Labute approximate surface area is 91.8 Å². The topological polar surface area (TPSA) is 6.25 Å². The maximum Gasteiger partial charge on any atom is 0.279 e. The van der Waals surface area contributed by atoms with E-state index in [1.54, 1.807) is 0 Å². The first-order valence-corrected chi connectivity index (χ1v) is 5.71. The lowest BCUT2D eigenvalue weighted by molar-refractivity contribution is -0.486. The first-order chi connectivity index (χ1) is 7.33. The normalized spacial score (nSPS) is 16.3. The van der Waals surface area contributed by atoms with Gasteiger partial charge in [-0.05, 0) is 18.6 Å². The molecule has 1 aromatic carbocycles. The Bertz CT molecular complexity index is 354. The predicted molar refractivity (Wildman–Crippen MR) is 63.5 cm³/mol. The van der Waals surface area contributed by atoms with Crippen molar-refractivity contribution in [3.05, 3.63) is 35.9 Å². The molecule has 15 heavy (non-hydrogen) atoms. The third-order valence-electron chi connectivity index (χ3n) is 2.89. The molecule has 0 amide bonds. The van der Waals surface area contributed by atoms with E-state index in [1.807, 2.05) is 0 Å². The van der Waals surface area contributed by atoms with Crippen molar-refractivity contribution in [3.63, 3.8) is 0 Å². The van der Waals surface area contributed by atoms with E-state index < -0.39 is 0 Å². The van der Waals surface area contributed by atoms with Gasteiger partial charge in [0.05, 0.1) is 19.2 Å². The lowest BCUT2D eigenvalue weighted by atomic mass is 10.2. The third-order valence-corrected chi connectivity index (χ3v) is 2.89. The van der Waals surface area contributed by atoms with Crippen molar-refractivity contribution in [2.75, 3.05) is 26.7 Å². The molecule has 0 saturated carbocycles. The minimum atomic E-state index is 1.14. The lowest BCUT2D eigenvalue weighted by Crippen LogP contribution is -2.30. The molecule has 0 fully saturated rings. The van der Waals surface area contributed by atoms with Gasteiger partial charge in [-0.1, -0.05) is 25.1 Å². The SMILES string of the molecule is CCCN1CC[N+](C)=C1c1ccccc1. The summed E-state index contributed by atoms with van der Waals surface area (Å²) >= 11 is 0. The molecule has 0 radical (unpaired) electrons. The van der Waals surface area contributed by atoms with Gasteiger partial charge in [0.1, 0.15) is 13.1 Å². The van der Waals surface area contributed by atoms with E-state index in [9.17, 15) is 0 Å². The quantitative estimate of drug-likeness (QED) is 0.679. The number of benzene rings is 1. The molecule has 1 aliphatic rings. The lowest BCUT2D eigenvalue weighted by Gasteiger charge is -2.11. The molecule has 2 rings (SSSR count). The third kappa shape index (κ3) is 2.04. The van der Waals surface area contributed by atoms with E-state index in [0.29, 0.717) is 0 Å². The van der Waals surface area contributed by atoms with E-state index in [2.05, 4.69) is 53.8 Å². The van der Waals surface area contributed by atoms with Crippen LogP contribution in [-0.2, 0) is 0 Å². The van der Waals surface area contributed by atoms with Crippen molar-refractivity contribution in [3.8, 4) is 0 Å². The second-order valence-electron chi connectivity index (χ2n) is 4.10. The molecular formula is C13H19N2+. The molecule has 2 nitrogen and oxygen atoms in total. The Kier molecular flexibility index (Phi) is 3.05. The highest BCUT2D eigenvalue weighted by Crippen LogP contribution is 2.10. The van der Waals surface area contributed by atoms with Crippen LogP contribution in [0.25, 0.3) is 0 Å². The minimum Gasteiger partial charge on any atom is -0.260 e. The van der Waals surface area contributed by atoms with Crippen LogP contribution in [0.2, 0.25) is 0 Å². The first kappa shape index (κ1) is 10.2. The highest BCUT2D eigenvalue weighted by atomic mass is 15.3. The fraction of sp³-hybridized carbons (Fsp3) is 0.462. The zero-order valence-corrected chi connectivity index (χ0v) is 9.61. The Morgan fingerprint density at radius 2 is 2.00 bits per heavy atom. The summed E-state index contributed by atoms with van der Waals surface area (Å²) in [6.45, 7) is 5.70. The van der Waals surface area contributed by atoms with Gasteiger partial charge in [-0.25, -0.2) is 0 Å². The smallest absolute Gasteiger partial charge is 0.260 e. The summed E-state index contributed by atoms with van der Waals surface area (Å²) in [5.41, 5.74) is 1.34. The van der Waals surface area contributed by atoms with Gasteiger partial charge in [0.2, 0.25) is 0 Å². The van der Waals surface area contributed by atoms with Crippen LogP contribution in [0.5, 0.6) is 0 Å². The van der Waals surface area contributed by atoms with Crippen molar-refractivity contribution in [1.29, 1.82) is 0 Å². The van der Waals surface area contributed by atoms with Gasteiger partial charge in [0.15, 0.2) is 0 Å². The Morgan fingerprint density at radius 1 is 1.27 bits per heavy atom. The van der Waals surface area contributed by atoms with Crippen LogP contribution in [0.4, 0.5) is 0 Å². The first-order valence-electron chi connectivity index (χ1n) is 5.71. The van der Waals surface area contributed by atoms with E-state index in [4.69, 9.17) is 0 Å². The van der Waals surface area contributed by atoms with Crippen LogP contribution in [-0.4, -0.2) is 42.0 Å². The van der Waals surface area contributed by atoms with Gasteiger partial charge < -0.3 is 0 Å². The molecule has 1 aliphatic heterocycles. The fourth-order valence-corrected chi connectivity index (χ4v) is 2.20. The predicted octanol–water partition coefficient (Wildman–Crippen LogP) is 1.80. The molecule has 0 saturated heterocycles. The molecule has 80 valence electrons. The summed E-state index contributed by atoms with van der Waals surface area (Å²) in [6.07, 6.45) is 1.21. The molecule has 0 aliphatic carbocycles. The number of hydrogen-bond acceptors (Lipinski definition) is 1. The van der Waals surface area contributed by atoms with Crippen LogP contribution in [0.15, 0.2) is 30.3 Å². The molecule has 0 atom stereocenters. The molecule has 1 heterocycles. The van der Waals surface area contributed by atoms with Gasteiger partial charge in [0, 0.05) is 0 Å². The Hall–Kier alpha value is -1.31. The van der Waals surface area contributed by atoms with Gasteiger partial charge in [-0.2, -0.15) is 0 Å². The van der Waals surface area contributed by atoms with Crippen LogP contribution < -0.4 is 0 Å². The zero-order valence-electron chi connectivity index (χ0n) is 9.61. The highest BCUT2D eigenvalue weighted by molar-refractivity contribution is 5.95. The summed E-state index contributed by atoms with van der Waals surface area (Å²) in [7, 11) is 2.18. The number of rotatable bonds is 3. The van der Waals surface area contributed by atoms with Crippen LogP contribution >= 0.6 is 0 Å². The van der Waals surface area contributed by atoms with Crippen molar-refractivity contribution >= 4 is 5.84 Å². The molecule has 0 aromatic heterocycles. The van der Waals surface area contributed by atoms with E-state index in [0.717, 1.165) is 19.6 Å². The molecule has 0 unspecified atom stereocenters. The van der Waals surface area contributed by atoms with Crippen molar-refractivity contribution in [1.82, 2.24) is 4.90 Å². The van der Waals surface area contributed by atoms with E-state index in [-0.39, 0.29) is 0 Å². The maximum absolute atomic E-state index is 2.48. The number of hydrogen-bond donors (Lipinski definition) is 0. The van der Waals surface area contributed by atoms with Crippen molar-refractivity contribution < 1.29 is 4.58 Å². The standard InChI is InChI=1S/C13H19N2/c1-3-9-15-11-10-14(2)13(15)12-7-5-4-6-8-12/h4-8H,3,9-11H2,1-2H3/q+1. The highest BCUT2D eigenvalue weighted by Gasteiger charge is 2.28. The molecule has 0 N–H and O–H groups in total. The average molecular weight is 203 g/mol. The molecule has 0 bridgehead atoms. The number of likely N-dealkylation sites (N-methyl/N-ethyl adjacent to an activating group) is 1. The monoisotopic (exact) mass is 203 g/mol. The maximum atomic E-state index is 2.48. The van der Waals surface area contributed by atoms with Crippen LogP contribution in [0, 0.1) is 0 Å². The molecule has 2 heteroatoms. The molecule has 0 spiro atoms. The summed E-state index contributed by atoms with van der Waals surface area (Å²) in [5.74, 6) is 1.39. The molecule has 1 aromatic rings. The van der Waals surface area contributed by atoms with Crippen LogP contribution in [0.3, 0.4) is 0 Å². The molecular weight excluding hydrogens is 184 g/mol. The number of nitrogens with zero attached hydrogens (tertiary/aromatic N) is 2. The average Bonchev–Trinajstić information content (AvgIpc) is 2.62. The van der Waals surface area contributed by atoms with Gasteiger partial charge in [0.25, 0.3) is 5.84 Å².